The van der Waals surface area contributed by atoms with Gasteiger partial charge in [0, 0.05) is 6.20 Å². The third kappa shape index (κ3) is 2.41. The van der Waals surface area contributed by atoms with E-state index in [1.54, 1.807) is 0 Å². The van der Waals surface area contributed by atoms with Gasteiger partial charge in [-0.1, -0.05) is 0 Å². The molecule has 5 nitrogen and oxygen atoms in total. The quantitative estimate of drug-likeness (QED) is 0.851. The van der Waals surface area contributed by atoms with Crippen molar-refractivity contribution in [2.24, 2.45) is 5.14 Å². The fourth-order valence-corrected chi connectivity index (χ4v) is 1.96. The lowest BCUT2D eigenvalue weighted by molar-refractivity contribution is 0.148. The summed E-state index contributed by atoms with van der Waals surface area (Å²) in [5.41, 5.74) is 4.03. The zero-order chi connectivity index (χ0) is 11.8. The highest BCUT2D eigenvalue weighted by Gasteiger charge is 2.26. The van der Waals surface area contributed by atoms with Gasteiger partial charge in [0.25, 0.3) is 16.4 Å². The lowest BCUT2D eigenvalue weighted by atomic mass is 10.2. The summed E-state index contributed by atoms with van der Waals surface area (Å²) in [6, 6.07) is 0. The van der Waals surface area contributed by atoms with Crippen molar-refractivity contribution in [3.8, 4) is 0 Å². The van der Waals surface area contributed by atoms with Gasteiger partial charge in [0.1, 0.15) is 0 Å². The Morgan fingerprint density at radius 1 is 1.47 bits per heavy atom. The third-order valence-corrected chi connectivity index (χ3v) is 3.06. The molecule has 0 saturated carbocycles. The van der Waals surface area contributed by atoms with Gasteiger partial charge in [0.05, 0.1) is 15.7 Å². The normalized spacial score (nSPS) is 12.1. The molecule has 1 rings (SSSR count). The Labute approximate surface area is 92.7 Å². The molecule has 0 aliphatic heterocycles. The zero-order valence-electron chi connectivity index (χ0n) is 7.12. The van der Waals surface area contributed by atoms with Crippen molar-refractivity contribution in [3.05, 3.63) is 16.2 Å². The van der Waals surface area contributed by atoms with Crippen LogP contribution in [0.4, 0.5) is 14.5 Å². The second-order valence-corrected chi connectivity index (χ2v) is 4.92. The van der Waals surface area contributed by atoms with Gasteiger partial charge in [-0.25, -0.2) is 27.3 Å². The summed E-state index contributed by atoms with van der Waals surface area (Å²) in [7, 11) is -4.31. The zero-order valence-corrected chi connectivity index (χ0v) is 9.52. The summed E-state index contributed by atoms with van der Waals surface area (Å²) in [5, 5.41) is 3.82. The van der Waals surface area contributed by atoms with Crippen LogP contribution in [-0.4, -0.2) is 13.4 Å². The number of primary sulfonamides is 1. The van der Waals surface area contributed by atoms with Crippen LogP contribution in [0.2, 0.25) is 0 Å². The van der Waals surface area contributed by atoms with Gasteiger partial charge in [-0.3, -0.25) is 0 Å². The second kappa shape index (κ2) is 3.99. The van der Waals surface area contributed by atoms with Crippen LogP contribution in [0, 0.1) is 0 Å². The Morgan fingerprint density at radius 2 is 2.00 bits per heavy atom. The van der Waals surface area contributed by atoms with Crippen molar-refractivity contribution >= 4 is 31.6 Å². The van der Waals surface area contributed by atoms with Gasteiger partial charge in [-0.05, 0) is 15.9 Å². The molecule has 0 aliphatic rings. The minimum atomic E-state index is -4.31. The summed E-state index contributed by atoms with van der Waals surface area (Å²) in [4.78, 5) is 3.31. The number of nitrogens with two attached hydrogens (primary N) is 2. The minimum Gasteiger partial charge on any atom is -0.397 e. The van der Waals surface area contributed by atoms with E-state index in [4.69, 9.17) is 10.9 Å². The number of sulfonamides is 1. The summed E-state index contributed by atoms with van der Waals surface area (Å²) < 4.78 is 47.0. The topological polar surface area (TPSA) is 99.1 Å². The molecule has 1 heterocycles. The van der Waals surface area contributed by atoms with E-state index in [1.165, 1.54) is 0 Å². The molecule has 1 aromatic heterocycles. The number of aromatic nitrogens is 1. The molecule has 84 valence electrons. The van der Waals surface area contributed by atoms with Crippen molar-refractivity contribution in [3.63, 3.8) is 0 Å². The molecule has 4 N–H and O–H groups in total. The van der Waals surface area contributed by atoms with Gasteiger partial charge in [-0.2, -0.15) is 0 Å². The largest absolute Gasteiger partial charge is 0.397 e. The van der Waals surface area contributed by atoms with Crippen LogP contribution < -0.4 is 10.9 Å². The van der Waals surface area contributed by atoms with Gasteiger partial charge in [0.2, 0.25) is 0 Å². The van der Waals surface area contributed by atoms with E-state index in [2.05, 4.69) is 20.9 Å². The van der Waals surface area contributed by atoms with E-state index in [0.717, 1.165) is 6.20 Å². The highest BCUT2D eigenvalue weighted by atomic mass is 79.9. The van der Waals surface area contributed by atoms with E-state index in [0.29, 0.717) is 0 Å². The lowest BCUT2D eigenvalue weighted by Gasteiger charge is -2.09. The Morgan fingerprint density at radius 3 is 2.40 bits per heavy atom. The van der Waals surface area contributed by atoms with Crippen LogP contribution in [0.5, 0.6) is 0 Å². The van der Waals surface area contributed by atoms with Crippen LogP contribution in [-0.2, 0) is 10.0 Å². The maximum absolute atomic E-state index is 12.5. The van der Waals surface area contributed by atoms with Gasteiger partial charge >= 0.3 is 0 Å². The van der Waals surface area contributed by atoms with E-state index in [-0.39, 0.29) is 10.2 Å². The second-order valence-electron chi connectivity index (χ2n) is 2.58. The Kier molecular flexibility index (Phi) is 3.26. The molecule has 0 amide bonds. The van der Waals surface area contributed by atoms with Crippen molar-refractivity contribution in [1.82, 2.24) is 4.98 Å². The van der Waals surface area contributed by atoms with Crippen molar-refractivity contribution in [2.45, 2.75) is 11.5 Å². The molecular weight excluding hydrogens is 296 g/mol. The predicted molar refractivity (Wildman–Crippen MR) is 52.7 cm³/mol. The molecule has 9 heteroatoms. The first-order valence-electron chi connectivity index (χ1n) is 3.50. The average molecular weight is 302 g/mol. The molecule has 0 spiro atoms. The van der Waals surface area contributed by atoms with Crippen LogP contribution >= 0.6 is 15.9 Å². The van der Waals surface area contributed by atoms with Gasteiger partial charge in [-0.15, -0.1) is 0 Å². The first-order valence-corrected chi connectivity index (χ1v) is 5.84. The van der Waals surface area contributed by atoms with Crippen LogP contribution in [0.15, 0.2) is 15.7 Å². The predicted octanol–water partition coefficient (Wildman–Crippen LogP) is 1.01. The monoisotopic (exact) mass is 301 g/mol. The Bertz CT molecular complexity index is 491. The molecule has 0 bridgehead atoms. The number of nitrogens with zero attached hydrogens (tertiary/aromatic N) is 1. The summed E-state index contributed by atoms with van der Waals surface area (Å²) in [5.74, 6) is 0. The number of rotatable bonds is 2. The maximum atomic E-state index is 12.5. The van der Waals surface area contributed by atoms with E-state index in [9.17, 15) is 17.2 Å². The van der Waals surface area contributed by atoms with Gasteiger partial charge < -0.3 is 5.73 Å². The standard InChI is InChI=1S/C6H6BrF2N3O2S/c7-2-1-12-6(15(11,13)14)3(4(2)10)5(8)9/h1,5H,(H2,10,12)(H2,11,13,14). The fraction of sp³-hybridized carbons (Fsp3) is 0.167. The minimum absolute atomic E-state index is 0.0881. The Hall–Kier alpha value is -0.800. The summed E-state index contributed by atoms with van der Waals surface area (Å²) in [6.45, 7) is 0. The number of nitrogen functional groups attached to an aromatic ring is 1. The number of hydrogen-bond donors (Lipinski definition) is 2. The van der Waals surface area contributed by atoms with E-state index in [1.807, 2.05) is 0 Å². The Balaban J connectivity index is 3.62. The van der Waals surface area contributed by atoms with Crippen LogP contribution in [0.1, 0.15) is 12.0 Å². The molecule has 15 heavy (non-hydrogen) atoms. The number of halogens is 3. The first kappa shape index (κ1) is 12.3. The van der Waals surface area contributed by atoms with Crippen LogP contribution in [0.3, 0.4) is 0 Å². The SMILES string of the molecule is Nc1c(Br)cnc(S(N)(=O)=O)c1C(F)F. The summed E-state index contributed by atoms with van der Waals surface area (Å²) >= 11 is 2.86. The number of alkyl halides is 2. The molecule has 0 aliphatic carbocycles. The molecule has 0 fully saturated rings. The molecule has 0 saturated heterocycles. The molecule has 0 aromatic carbocycles. The molecule has 0 atom stereocenters. The smallest absolute Gasteiger partial charge is 0.268 e. The van der Waals surface area contributed by atoms with Crippen molar-refractivity contribution < 1.29 is 17.2 Å². The molecular formula is C6H6BrF2N3O2S. The highest BCUT2D eigenvalue weighted by molar-refractivity contribution is 9.10. The lowest BCUT2D eigenvalue weighted by Crippen LogP contribution is -2.18. The van der Waals surface area contributed by atoms with E-state index >= 15 is 0 Å². The first-order chi connectivity index (χ1) is 6.75. The summed E-state index contributed by atoms with van der Waals surface area (Å²) in [6.07, 6.45) is -2.07. The van der Waals surface area contributed by atoms with E-state index < -0.39 is 27.0 Å². The van der Waals surface area contributed by atoms with Crippen molar-refractivity contribution in [1.29, 1.82) is 0 Å². The van der Waals surface area contributed by atoms with Crippen LogP contribution in [0.25, 0.3) is 0 Å². The van der Waals surface area contributed by atoms with Crippen molar-refractivity contribution in [2.75, 3.05) is 5.73 Å². The molecule has 1 aromatic rings. The average Bonchev–Trinajstić information content (AvgIpc) is 2.06. The molecule has 0 unspecified atom stereocenters. The van der Waals surface area contributed by atoms with Gasteiger partial charge in [0.15, 0.2) is 5.03 Å². The number of anilines is 1. The third-order valence-electron chi connectivity index (χ3n) is 1.56. The number of hydrogen-bond acceptors (Lipinski definition) is 4. The molecule has 0 radical (unpaired) electrons. The fourth-order valence-electron chi connectivity index (χ4n) is 0.936. The number of pyridine rings is 1. The highest BCUT2D eigenvalue weighted by Crippen LogP contribution is 2.33. The maximum Gasteiger partial charge on any atom is 0.268 e.